The molecule has 0 atom stereocenters. The molecule has 0 aliphatic rings. The molecule has 0 saturated heterocycles. The molecular formula is C52H36N2S. The maximum absolute atomic E-state index is 2.43. The van der Waals surface area contributed by atoms with Crippen molar-refractivity contribution in [2.75, 3.05) is 9.80 Å². The molecule has 0 aliphatic carbocycles. The fraction of sp³-hybridized carbons (Fsp3) is 0. The maximum Gasteiger partial charge on any atom is 0.0641 e. The SMILES string of the molecule is c1ccc(-c2ccc(N(c3ccccc3)c3ccc(N(c4ccccc4)c4ccc(-c5ccccc5)cc4)c4c3sc3ccc5ccccc5c34)cc2)cc1. The van der Waals surface area contributed by atoms with Crippen molar-refractivity contribution in [2.45, 2.75) is 0 Å². The van der Waals surface area contributed by atoms with Gasteiger partial charge in [-0.15, -0.1) is 11.3 Å². The molecule has 0 aliphatic heterocycles. The van der Waals surface area contributed by atoms with E-state index in [1.807, 2.05) is 11.3 Å². The molecule has 0 amide bonds. The van der Waals surface area contributed by atoms with Crippen LogP contribution in [-0.2, 0) is 0 Å². The lowest BCUT2D eigenvalue weighted by molar-refractivity contribution is 1.28. The lowest BCUT2D eigenvalue weighted by atomic mass is 10.0. The van der Waals surface area contributed by atoms with Crippen LogP contribution in [0.1, 0.15) is 0 Å². The summed E-state index contributed by atoms with van der Waals surface area (Å²) in [5.41, 5.74) is 11.5. The van der Waals surface area contributed by atoms with E-state index < -0.39 is 0 Å². The molecule has 0 bridgehead atoms. The minimum atomic E-state index is 1.11. The quantitative estimate of drug-likeness (QED) is 0.154. The lowest BCUT2D eigenvalue weighted by Gasteiger charge is -2.30. The van der Waals surface area contributed by atoms with Gasteiger partial charge in [-0.2, -0.15) is 0 Å². The molecule has 0 unspecified atom stereocenters. The second-order valence-corrected chi connectivity index (χ2v) is 14.8. The Morgan fingerprint density at radius 1 is 0.291 bits per heavy atom. The van der Waals surface area contributed by atoms with Gasteiger partial charge in [-0.3, -0.25) is 0 Å². The summed E-state index contributed by atoms with van der Waals surface area (Å²) in [5, 5.41) is 5.02. The molecule has 10 aromatic rings. The fourth-order valence-electron chi connectivity index (χ4n) is 7.85. The summed E-state index contributed by atoms with van der Waals surface area (Å²) < 4.78 is 2.50. The first-order chi connectivity index (χ1) is 27.3. The Hall–Kier alpha value is -6.94. The first kappa shape index (κ1) is 32.7. The molecule has 2 nitrogen and oxygen atoms in total. The van der Waals surface area contributed by atoms with Gasteiger partial charge < -0.3 is 9.80 Å². The highest BCUT2D eigenvalue weighted by molar-refractivity contribution is 7.26. The van der Waals surface area contributed by atoms with Gasteiger partial charge in [0.05, 0.1) is 16.1 Å². The average molecular weight is 721 g/mol. The molecule has 1 heterocycles. The Labute approximate surface area is 325 Å². The lowest BCUT2D eigenvalue weighted by Crippen LogP contribution is -2.13. The van der Waals surface area contributed by atoms with E-state index in [-0.39, 0.29) is 0 Å². The zero-order chi connectivity index (χ0) is 36.6. The molecule has 9 aromatic carbocycles. The van der Waals surface area contributed by atoms with Crippen LogP contribution in [0.4, 0.5) is 34.1 Å². The Morgan fingerprint density at radius 3 is 1.25 bits per heavy atom. The first-order valence-corrected chi connectivity index (χ1v) is 19.5. The Balaban J connectivity index is 1.23. The van der Waals surface area contributed by atoms with Gasteiger partial charge in [0.1, 0.15) is 0 Å². The number of rotatable bonds is 8. The molecule has 0 N–H and O–H groups in total. The number of benzene rings is 9. The van der Waals surface area contributed by atoms with Gasteiger partial charge in [0.25, 0.3) is 0 Å². The number of hydrogen-bond acceptors (Lipinski definition) is 3. The zero-order valence-corrected chi connectivity index (χ0v) is 30.9. The minimum absolute atomic E-state index is 1.11. The Bertz CT molecular complexity index is 2890. The summed E-state index contributed by atoms with van der Waals surface area (Å²) in [6.45, 7) is 0. The molecule has 0 spiro atoms. The van der Waals surface area contributed by atoms with Gasteiger partial charge in [0.2, 0.25) is 0 Å². The second kappa shape index (κ2) is 14.1. The Kier molecular flexibility index (Phi) is 8.40. The molecule has 0 fully saturated rings. The average Bonchev–Trinajstić information content (AvgIpc) is 3.67. The topological polar surface area (TPSA) is 6.48 Å². The predicted molar refractivity (Wildman–Crippen MR) is 237 cm³/mol. The highest BCUT2D eigenvalue weighted by Gasteiger charge is 2.25. The van der Waals surface area contributed by atoms with E-state index in [1.54, 1.807) is 0 Å². The van der Waals surface area contributed by atoms with E-state index >= 15 is 0 Å². The third-order valence-electron chi connectivity index (χ3n) is 10.4. The van der Waals surface area contributed by atoms with Gasteiger partial charge >= 0.3 is 0 Å². The number of thiophene rings is 1. The minimum Gasteiger partial charge on any atom is -0.310 e. The Morgan fingerprint density at radius 2 is 0.709 bits per heavy atom. The summed E-state index contributed by atoms with van der Waals surface area (Å²) in [6, 6.07) is 78.7. The monoisotopic (exact) mass is 720 g/mol. The van der Waals surface area contributed by atoms with Crippen molar-refractivity contribution in [3.8, 4) is 22.3 Å². The van der Waals surface area contributed by atoms with Gasteiger partial charge in [-0.1, -0.05) is 152 Å². The predicted octanol–water partition coefficient (Wildman–Crippen LogP) is 15.5. The molecule has 0 saturated carbocycles. The summed E-state index contributed by atoms with van der Waals surface area (Å²) >= 11 is 1.87. The van der Waals surface area contributed by atoms with Crippen LogP contribution < -0.4 is 9.80 Å². The van der Waals surface area contributed by atoms with Crippen LogP contribution in [0.5, 0.6) is 0 Å². The van der Waals surface area contributed by atoms with E-state index in [0.717, 1.165) is 34.1 Å². The van der Waals surface area contributed by atoms with E-state index in [1.165, 1.54) is 53.2 Å². The number of hydrogen-bond donors (Lipinski definition) is 0. The van der Waals surface area contributed by atoms with Crippen LogP contribution in [0, 0.1) is 0 Å². The van der Waals surface area contributed by atoms with Crippen LogP contribution >= 0.6 is 11.3 Å². The van der Waals surface area contributed by atoms with Gasteiger partial charge in [-0.05, 0) is 99.8 Å². The molecule has 260 valence electrons. The third-order valence-corrected chi connectivity index (χ3v) is 11.6. The van der Waals surface area contributed by atoms with Crippen molar-refractivity contribution in [3.63, 3.8) is 0 Å². The third kappa shape index (κ3) is 6.01. The van der Waals surface area contributed by atoms with E-state index in [0.29, 0.717) is 0 Å². The number of anilines is 6. The summed E-state index contributed by atoms with van der Waals surface area (Å²) in [5.74, 6) is 0. The van der Waals surface area contributed by atoms with E-state index in [9.17, 15) is 0 Å². The number of para-hydroxylation sites is 2. The van der Waals surface area contributed by atoms with Crippen LogP contribution in [0.25, 0.3) is 53.2 Å². The first-order valence-electron chi connectivity index (χ1n) is 18.7. The number of fused-ring (bicyclic) bond motifs is 5. The smallest absolute Gasteiger partial charge is 0.0641 e. The summed E-state index contributed by atoms with van der Waals surface area (Å²) in [6.07, 6.45) is 0. The number of nitrogens with zero attached hydrogens (tertiary/aromatic N) is 2. The van der Waals surface area contributed by atoms with Crippen molar-refractivity contribution >= 4 is 76.4 Å². The van der Waals surface area contributed by atoms with Crippen molar-refractivity contribution in [1.29, 1.82) is 0 Å². The summed E-state index contributed by atoms with van der Waals surface area (Å²) in [7, 11) is 0. The van der Waals surface area contributed by atoms with Crippen molar-refractivity contribution < 1.29 is 0 Å². The highest BCUT2D eigenvalue weighted by atomic mass is 32.1. The van der Waals surface area contributed by atoms with E-state index in [4.69, 9.17) is 0 Å². The van der Waals surface area contributed by atoms with Crippen LogP contribution in [-0.4, -0.2) is 0 Å². The fourth-order valence-corrected chi connectivity index (χ4v) is 9.09. The highest BCUT2D eigenvalue weighted by Crippen LogP contribution is 2.52. The van der Waals surface area contributed by atoms with Crippen molar-refractivity contribution in [3.05, 3.63) is 218 Å². The van der Waals surface area contributed by atoms with Crippen LogP contribution in [0.3, 0.4) is 0 Å². The van der Waals surface area contributed by atoms with Crippen LogP contribution in [0.15, 0.2) is 218 Å². The molecule has 1 aromatic heterocycles. The largest absolute Gasteiger partial charge is 0.310 e. The van der Waals surface area contributed by atoms with Crippen molar-refractivity contribution in [1.82, 2.24) is 0 Å². The second-order valence-electron chi connectivity index (χ2n) is 13.7. The standard InChI is InChI=1S/C52H36N2S/c1-5-15-37(16-6-1)39-25-30-44(31-26-39)53(42-20-9-3-10-21-42)47-34-35-48(52-51(47)50-46-24-14-13-19-41(46)29-36-49(50)55-52)54(43-22-11-4-12-23-43)45-32-27-40(28-33-45)38-17-7-2-8-18-38/h1-36H. The van der Waals surface area contributed by atoms with Crippen LogP contribution in [0.2, 0.25) is 0 Å². The molecule has 10 rings (SSSR count). The van der Waals surface area contributed by atoms with Gasteiger partial charge in [0, 0.05) is 38.2 Å². The molecular weight excluding hydrogens is 685 g/mol. The molecule has 0 radical (unpaired) electrons. The van der Waals surface area contributed by atoms with Gasteiger partial charge in [-0.25, -0.2) is 0 Å². The zero-order valence-electron chi connectivity index (χ0n) is 30.1. The van der Waals surface area contributed by atoms with E-state index in [2.05, 4.69) is 228 Å². The van der Waals surface area contributed by atoms with Crippen molar-refractivity contribution in [2.24, 2.45) is 0 Å². The molecule has 3 heteroatoms. The normalized spacial score (nSPS) is 11.3. The summed E-state index contributed by atoms with van der Waals surface area (Å²) in [4.78, 5) is 4.84. The van der Waals surface area contributed by atoms with Gasteiger partial charge in [0.15, 0.2) is 0 Å². The maximum atomic E-state index is 2.43. The molecule has 55 heavy (non-hydrogen) atoms.